The van der Waals surface area contributed by atoms with Crippen LogP contribution in [0.4, 0.5) is 0 Å². The van der Waals surface area contributed by atoms with E-state index in [4.69, 9.17) is 14.6 Å². The summed E-state index contributed by atoms with van der Waals surface area (Å²) in [5.74, 6) is -0.294. The summed E-state index contributed by atoms with van der Waals surface area (Å²) >= 11 is 0. The third-order valence-corrected chi connectivity index (χ3v) is 6.16. The van der Waals surface area contributed by atoms with Gasteiger partial charge in [-0.05, 0) is 42.5 Å². The Morgan fingerprint density at radius 3 is 2.66 bits per heavy atom. The van der Waals surface area contributed by atoms with Crippen LogP contribution in [0.5, 0.6) is 0 Å². The van der Waals surface area contributed by atoms with Crippen molar-refractivity contribution in [2.75, 3.05) is 19.8 Å². The molecule has 184 valence electrons. The van der Waals surface area contributed by atoms with Gasteiger partial charge in [-0.1, -0.05) is 48.5 Å². The Bertz CT molecular complexity index is 1180. The number of hydrogen-bond donors (Lipinski definition) is 2. The molecule has 0 radical (unpaired) electrons. The van der Waals surface area contributed by atoms with Gasteiger partial charge in [-0.25, -0.2) is 0 Å². The average Bonchev–Trinajstić information content (AvgIpc) is 3.27. The summed E-state index contributed by atoms with van der Waals surface area (Å²) in [5.41, 5.74) is 2.94. The van der Waals surface area contributed by atoms with E-state index < -0.39 is 6.29 Å². The first-order valence-corrected chi connectivity index (χ1v) is 12.1. The second-order valence-corrected chi connectivity index (χ2v) is 8.70. The van der Waals surface area contributed by atoms with E-state index in [1.807, 2.05) is 66.9 Å². The fourth-order valence-corrected chi connectivity index (χ4v) is 4.38. The van der Waals surface area contributed by atoms with Gasteiger partial charge in [0.15, 0.2) is 5.76 Å². The number of aliphatic hydroxyl groups is 1. The fraction of sp³-hybridized carbons (Fsp3) is 0.357. The van der Waals surface area contributed by atoms with E-state index in [-0.39, 0.29) is 30.1 Å². The molecule has 1 aliphatic rings. The van der Waals surface area contributed by atoms with Crippen molar-refractivity contribution < 1.29 is 24.2 Å². The molecule has 0 unspecified atom stereocenters. The second-order valence-electron chi connectivity index (χ2n) is 8.70. The number of amides is 1. The van der Waals surface area contributed by atoms with Crippen LogP contribution in [0.15, 0.2) is 72.6 Å². The van der Waals surface area contributed by atoms with Crippen molar-refractivity contribution in [3.63, 3.8) is 0 Å². The molecule has 1 amide bonds. The highest BCUT2D eigenvalue weighted by molar-refractivity contribution is 5.95. The zero-order chi connectivity index (χ0) is 24.6. The monoisotopic (exact) mass is 476 g/mol. The number of aliphatic hydroxyl groups excluding tert-OH is 1. The second kappa shape index (κ2) is 11.8. The van der Waals surface area contributed by atoms with Gasteiger partial charge in [0, 0.05) is 44.0 Å². The van der Waals surface area contributed by atoms with Gasteiger partial charge in [-0.2, -0.15) is 0 Å². The molecule has 0 aliphatic carbocycles. The zero-order valence-corrected chi connectivity index (χ0v) is 20.0. The van der Waals surface area contributed by atoms with Crippen molar-refractivity contribution in [2.45, 2.75) is 44.8 Å². The van der Waals surface area contributed by atoms with Crippen LogP contribution in [0, 0.1) is 0 Å². The Labute approximate surface area is 205 Å². The molecule has 2 N–H and O–H groups in total. The largest absolute Gasteiger partial charge is 0.459 e. The number of hydrogen-bond acceptors (Lipinski definition) is 5. The lowest BCUT2D eigenvalue weighted by molar-refractivity contribution is -0.146. The van der Waals surface area contributed by atoms with Crippen molar-refractivity contribution >= 4 is 22.7 Å². The highest BCUT2D eigenvalue weighted by Crippen LogP contribution is 2.36. The van der Waals surface area contributed by atoms with Gasteiger partial charge in [0.05, 0.1) is 12.1 Å². The lowest BCUT2D eigenvalue weighted by Gasteiger charge is -2.29. The van der Waals surface area contributed by atoms with Crippen LogP contribution < -0.4 is 5.32 Å². The number of rotatable bonds is 10. The molecule has 7 heteroatoms. The normalized spacial score (nSPS) is 17.6. The molecule has 0 bridgehead atoms. The maximum atomic E-state index is 13.0. The summed E-state index contributed by atoms with van der Waals surface area (Å²) in [6.07, 6.45) is 5.67. The van der Waals surface area contributed by atoms with E-state index in [1.165, 1.54) is 6.92 Å². The smallest absolute Gasteiger partial charge is 0.286 e. The first-order chi connectivity index (χ1) is 17.1. The summed E-state index contributed by atoms with van der Waals surface area (Å²) in [6.45, 7) is 2.56. The Morgan fingerprint density at radius 1 is 1.11 bits per heavy atom. The quantitative estimate of drug-likeness (QED) is 0.429. The SMILES string of the molecule is CC(=O)n1cc([C@H]2C=C(C(=O)NCCc3ccccc3)O[C@@H](OCCCCO)C2)c2ccccc21. The van der Waals surface area contributed by atoms with Crippen molar-refractivity contribution in [1.29, 1.82) is 0 Å². The number of nitrogens with zero attached hydrogens (tertiary/aromatic N) is 1. The van der Waals surface area contributed by atoms with Gasteiger partial charge < -0.3 is 19.9 Å². The van der Waals surface area contributed by atoms with Gasteiger partial charge in [0.2, 0.25) is 12.2 Å². The predicted octanol–water partition coefficient (Wildman–Crippen LogP) is 4.16. The summed E-state index contributed by atoms with van der Waals surface area (Å²) in [5, 5.41) is 13.0. The number of allylic oxidation sites excluding steroid dienone is 1. The van der Waals surface area contributed by atoms with Crippen LogP contribution in [0.25, 0.3) is 10.9 Å². The highest BCUT2D eigenvalue weighted by Gasteiger charge is 2.30. The molecule has 0 spiro atoms. The van der Waals surface area contributed by atoms with Crippen LogP contribution in [0.3, 0.4) is 0 Å². The first kappa shape index (κ1) is 24.7. The topological polar surface area (TPSA) is 89.8 Å². The number of ether oxygens (including phenoxy) is 2. The molecule has 2 atom stereocenters. The summed E-state index contributed by atoms with van der Waals surface area (Å²) < 4.78 is 13.5. The highest BCUT2D eigenvalue weighted by atomic mass is 16.7. The molecule has 7 nitrogen and oxygen atoms in total. The first-order valence-electron chi connectivity index (χ1n) is 12.1. The minimum Gasteiger partial charge on any atom is -0.459 e. The van der Waals surface area contributed by atoms with Gasteiger partial charge in [0.1, 0.15) is 0 Å². The minimum atomic E-state index is -0.599. The summed E-state index contributed by atoms with van der Waals surface area (Å²) in [4.78, 5) is 25.3. The number of unbranched alkanes of at least 4 members (excludes halogenated alkanes) is 1. The minimum absolute atomic E-state index is 0.0702. The molecular weight excluding hydrogens is 444 g/mol. The lowest BCUT2D eigenvalue weighted by atomic mass is 9.92. The van der Waals surface area contributed by atoms with Crippen LogP contribution in [0.1, 0.15) is 48.0 Å². The number of benzene rings is 2. The van der Waals surface area contributed by atoms with E-state index in [2.05, 4.69) is 5.32 Å². The van der Waals surface area contributed by atoms with E-state index >= 15 is 0 Å². The Balaban J connectivity index is 1.55. The molecule has 1 aromatic heterocycles. The number of aromatic nitrogens is 1. The third-order valence-electron chi connectivity index (χ3n) is 6.16. The molecule has 1 aliphatic heterocycles. The van der Waals surface area contributed by atoms with Gasteiger partial charge >= 0.3 is 0 Å². The number of fused-ring (bicyclic) bond motifs is 1. The Hall–Kier alpha value is -3.42. The van der Waals surface area contributed by atoms with Crippen molar-refractivity contribution in [1.82, 2.24) is 9.88 Å². The van der Waals surface area contributed by atoms with Crippen LogP contribution in [0.2, 0.25) is 0 Å². The van der Waals surface area contributed by atoms with E-state index in [0.29, 0.717) is 32.4 Å². The lowest BCUT2D eigenvalue weighted by Crippen LogP contribution is -2.34. The summed E-state index contributed by atoms with van der Waals surface area (Å²) in [7, 11) is 0. The molecule has 2 aromatic carbocycles. The molecule has 0 saturated heterocycles. The van der Waals surface area contributed by atoms with E-state index in [9.17, 15) is 9.59 Å². The van der Waals surface area contributed by atoms with Gasteiger partial charge in [-0.3, -0.25) is 14.2 Å². The molecule has 35 heavy (non-hydrogen) atoms. The zero-order valence-electron chi connectivity index (χ0n) is 20.0. The average molecular weight is 477 g/mol. The molecule has 2 heterocycles. The van der Waals surface area contributed by atoms with E-state index in [1.54, 1.807) is 4.57 Å². The van der Waals surface area contributed by atoms with Crippen LogP contribution in [-0.4, -0.2) is 47.5 Å². The maximum absolute atomic E-state index is 13.0. The predicted molar refractivity (Wildman–Crippen MR) is 134 cm³/mol. The van der Waals surface area contributed by atoms with Crippen LogP contribution in [-0.2, 0) is 20.7 Å². The maximum Gasteiger partial charge on any atom is 0.286 e. The molecular formula is C28H32N2O5. The number of carbonyl (C=O) groups excluding carboxylic acids is 2. The van der Waals surface area contributed by atoms with E-state index in [0.717, 1.165) is 28.5 Å². The third kappa shape index (κ3) is 6.18. The van der Waals surface area contributed by atoms with Gasteiger partial charge in [0.25, 0.3) is 5.91 Å². The Morgan fingerprint density at radius 2 is 1.89 bits per heavy atom. The summed E-state index contributed by atoms with van der Waals surface area (Å²) in [6, 6.07) is 17.7. The molecule has 4 rings (SSSR count). The molecule has 0 fully saturated rings. The fourth-order valence-electron chi connectivity index (χ4n) is 4.38. The number of para-hydroxylation sites is 1. The number of carbonyl (C=O) groups is 2. The van der Waals surface area contributed by atoms with Gasteiger partial charge in [-0.15, -0.1) is 0 Å². The van der Waals surface area contributed by atoms with Crippen molar-refractivity contribution in [2.24, 2.45) is 0 Å². The number of nitrogens with one attached hydrogen (secondary N) is 1. The van der Waals surface area contributed by atoms with Crippen molar-refractivity contribution in [3.8, 4) is 0 Å². The van der Waals surface area contributed by atoms with Crippen LogP contribution >= 0.6 is 0 Å². The van der Waals surface area contributed by atoms with Crippen molar-refractivity contribution in [3.05, 3.63) is 83.8 Å². The Kier molecular flexibility index (Phi) is 8.34. The molecule has 0 saturated carbocycles. The molecule has 3 aromatic rings. The standard InChI is InChI=1S/C28H32N2O5/c1-20(32)30-19-24(23-11-5-6-12-25(23)30)22-17-26(35-27(18-22)34-16-8-7-15-31)28(33)29-14-13-21-9-3-2-4-10-21/h2-6,9-12,17,19,22,27,31H,7-8,13-16,18H2,1H3,(H,29,33)/t22-,27+/m0/s1.